The maximum Gasteiger partial charge on any atom is 0.412 e. The Labute approximate surface area is 169 Å². The third kappa shape index (κ3) is 5.39. The molecule has 7 nitrogen and oxygen atoms in total. The van der Waals surface area contributed by atoms with E-state index < -0.39 is 6.09 Å². The van der Waals surface area contributed by atoms with Gasteiger partial charge < -0.3 is 4.74 Å². The van der Waals surface area contributed by atoms with Crippen molar-refractivity contribution in [2.75, 3.05) is 11.9 Å². The van der Waals surface area contributed by atoms with E-state index in [9.17, 15) is 9.59 Å². The predicted octanol–water partition coefficient (Wildman–Crippen LogP) is 4.47. The summed E-state index contributed by atoms with van der Waals surface area (Å²) in [5.74, 6) is -0.305. The van der Waals surface area contributed by atoms with Gasteiger partial charge in [-0.1, -0.05) is 32.9 Å². The Morgan fingerprint density at radius 2 is 1.86 bits per heavy atom. The molecule has 1 aromatic heterocycles. The normalized spacial score (nSPS) is 11.9. The zero-order valence-electron chi connectivity index (χ0n) is 17.0. The Hall–Kier alpha value is -2.74. The number of nitrogens with zero attached hydrogens (tertiary/aromatic N) is 2. The van der Waals surface area contributed by atoms with E-state index in [2.05, 4.69) is 41.0 Å². The number of rotatable bonds is 5. The highest BCUT2D eigenvalue weighted by atomic mass is 32.1. The molecular formula is C20H26N4O3S. The van der Waals surface area contributed by atoms with Gasteiger partial charge in [-0.05, 0) is 55.4 Å². The number of benzene rings is 1. The SMILES string of the molecule is CCOC(=O)Nc1snc(C)c1/C(C)=N/NC(=O)c1ccc(C(C)(C)C)cc1. The molecule has 2 rings (SSSR count). The number of hydrazone groups is 1. The highest BCUT2D eigenvalue weighted by Crippen LogP contribution is 2.25. The molecule has 0 unspecified atom stereocenters. The highest BCUT2D eigenvalue weighted by molar-refractivity contribution is 7.11. The number of ether oxygens (including phenoxy) is 1. The van der Waals surface area contributed by atoms with Crippen molar-refractivity contribution in [3.8, 4) is 0 Å². The minimum absolute atomic E-state index is 0.0234. The van der Waals surface area contributed by atoms with Crippen molar-refractivity contribution in [3.63, 3.8) is 0 Å². The van der Waals surface area contributed by atoms with Crippen molar-refractivity contribution in [1.29, 1.82) is 0 Å². The van der Waals surface area contributed by atoms with Crippen LogP contribution in [0.3, 0.4) is 0 Å². The molecule has 0 radical (unpaired) electrons. The fourth-order valence-electron chi connectivity index (χ4n) is 2.52. The molecule has 28 heavy (non-hydrogen) atoms. The number of hydrogen-bond acceptors (Lipinski definition) is 6. The van der Waals surface area contributed by atoms with Gasteiger partial charge in [-0.15, -0.1) is 0 Å². The van der Waals surface area contributed by atoms with Crippen molar-refractivity contribution in [2.24, 2.45) is 5.10 Å². The maximum atomic E-state index is 12.4. The van der Waals surface area contributed by atoms with Crippen LogP contribution in [0.15, 0.2) is 29.4 Å². The van der Waals surface area contributed by atoms with Crippen LogP contribution in [-0.2, 0) is 10.2 Å². The molecule has 1 heterocycles. The molecule has 2 amide bonds. The first-order chi connectivity index (χ1) is 13.1. The van der Waals surface area contributed by atoms with E-state index >= 15 is 0 Å². The third-order valence-electron chi connectivity index (χ3n) is 4.05. The lowest BCUT2D eigenvalue weighted by molar-refractivity contribution is 0.0954. The minimum Gasteiger partial charge on any atom is -0.450 e. The first kappa shape index (κ1) is 21.6. The van der Waals surface area contributed by atoms with Crippen LogP contribution >= 0.6 is 11.5 Å². The Kier molecular flexibility index (Phi) is 6.90. The van der Waals surface area contributed by atoms with Crippen LogP contribution in [-0.4, -0.2) is 28.7 Å². The van der Waals surface area contributed by atoms with Crippen LogP contribution in [0.4, 0.5) is 9.80 Å². The van der Waals surface area contributed by atoms with Gasteiger partial charge in [0.2, 0.25) is 0 Å². The van der Waals surface area contributed by atoms with Crippen molar-refractivity contribution in [2.45, 2.75) is 47.0 Å². The molecule has 150 valence electrons. The summed E-state index contributed by atoms with van der Waals surface area (Å²) in [5, 5.41) is 7.36. The summed E-state index contributed by atoms with van der Waals surface area (Å²) in [6.07, 6.45) is -0.553. The zero-order chi connectivity index (χ0) is 20.9. The molecule has 0 saturated carbocycles. The molecule has 0 bridgehead atoms. The van der Waals surface area contributed by atoms with E-state index in [4.69, 9.17) is 4.74 Å². The quantitative estimate of drug-likeness (QED) is 0.570. The Morgan fingerprint density at radius 3 is 2.43 bits per heavy atom. The van der Waals surface area contributed by atoms with Gasteiger partial charge >= 0.3 is 6.09 Å². The molecule has 0 aliphatic heterocycles. The van der Waals surface area contributed by atoms with E-state index in [1.54, 1.807) is 26.0 Å². The van der Waals surface area contributed by atoms with Crippen molar-refractivity contribution in [3.05, 3.63) is 46.6 Å². The van der Waals surface area contributed by atoms with E-state index in [1.165, 1.54) is 0 Å². The summed E-state index contributed by atoms with van der Waals surface area (Å²) in [6.45, 7) is 11.9. The van der Waals surface area contributed by atoms with Gasteiger partial charge in [0.1, 0.15) is 5.00 Å². The number of amides is 2. The fraction of sp³-hybridized carbons (Fsp3) is 0.400. The van der Waals surface area contributed by atoms with Crippen molar-refractivity contribution < 1.29 is 14.3 Å². The number of aryl methyl sites for hydroxylation is 1. The van der Waals surface area contributed by atoms with Crippen LogP contribution in [0.2, 0.25) is 0 Å². The molecule has 2 aromatic rings. The molecule has 8 heteroatoms. The van der Waals surface area contributed by atoms with Gasteiger partial charge in [0.05, 0.1) is 23.6 Å². The van der Waals surface area contributed by atoms with E-state index in [0.717, 1.165) is 17.1 Å². The zero-order valence-corrected chi connectivity index (χ0v) is 17.9. The molecule has 0 saturated heterocycles. The number of anilines is 1. The Bertz CT molecular complexity index is 880. The van der Waals surface area contributed by atoms with Crippen molar-refractivity contribution >= 4 is 34.2 Å². The lowest BCUT2D eigenvalue weighted by Gasteiger charge is -2.18. The number of hydrogen-bond donors (Lipinski definition) is 2. The largest absolute Gasteiger partial charge is 0.450 e. The second kappa shape index (κ2) is 8.97. The molecule has 0 aliphatic rings. The van der Waals surface area contributed by atoms with Gasteiger partial charge in [0.15, 0.2) is 0 Å². The van der Waals surface area contributed by atoms with Crippen LogP contribution in [0.25, 0.3) is 0 Å². The van der Waals surface area contributed by atoms with Crippen molar-refractivity contribution in [1.82, 2.24) is 9.80 Å². The molecule has 1 aromatic carbocycles. The van der Waals surface area contributed by atoms with Crippen LogP contribution < -0.4 is 10.7 Å². The average Bonchev–Trinajstić information content (AvgIpc) is 2.99. The minimum atomic E-state index is -0.553. The first-order valence-electron chi connectivity index (χ1n) is 8.99. The smallest absolute Gasteiger partial charge is 0.412 e. The summed E-state index contributed by atoms with van der Waals surface area (Å²) in [5.41, 5.74) is 6.18. The third-order valence-corrected chi connectivity index (χ3v) is 4.91. The highest BCUT2D eigenvalue weighted by Gasteiger charge is 2.17. The van der Waals surface area contributed by atoms with E-state index in [1.807, 2.05) is 19.1 Å². The van der Waals surface area contributed by atoms with Gasteiger partial charge in [0, 0.05) is 5.56 Å². The number of nitrogens with one attached hydrogen (secondary N) is 2. The fourth-order valence-corrected chi connectivity index (χ4v) is 3.35. The average molecular weight is 403 g/mol. The Balaban J connectivity index is 2.13. The van der Waals surface area contributed by atoms with Gasteiger partial charge in [-0.2, -0.15) is 9.47 Å². The number of aromatic nitrogens is 1. The topological polar surface area (TPSA) is 92.7 Å². The second-order valence-corrected chi connectivity index (χ2v) is 8.06. The molecule has 0 atom stereocenters. The summed E-state index contributed by atoms with van der Waals surface area (Å²) < 4.78 is 9.15. The summed E-state index contributed by atoms with van der Waals surface area (Å²) in [4.78, 5) is 24.1. The van der Waals surface area contributed by atoms with Crippen LogP contribution in [0.5, 0.6) is 0 Å². The maximum absolute atomic E-state index is 12.4. The van der Waals surface area contributed by atoms with Gasteiger partial charge in [-0.25, -0.2) is 10.2 Å². The molecule has 0 fully saturated rings. The van der Waals surface area contributed by atoms with Gasteiger partial charge in [0.25, 0.3) is 5.91 Å². The predicted molar refractivity (Wildman–Crippen MR) is 112 cm³/mol. The molecule has 0 aliphatic carbocycles. The van der Waals surface area contributed by atoms with E-state index in [0.29, 0.717) is 27.5 Å². The summed E-state index contributed by atoms with van der Waals surface area (Å²) >= 11 is 1.14. The summed E-state index contributed by atoms with van der Waals surface area (Å²) in [7, 11) is 0. The van der Waals surface area contributed by atoms with Gasteiger partial charge in [-0.3, -0.25) is 10.1 Å². The molecule has 0 spiro atoms. The Morgan fingerprint density at radius 1 is 1.21 bits per heavy atom. The standard InChI is InChI=1S/C20H26N4O3S/c1-7-27-19(26)21-18-16(13(3)24-28-18)12(2)22-23-17(25)14-8-10-15(11-9-14)20(4,5)6/h8-11H,7H2,1-6H3,(H,21,26)(H,23,25)/b22-12+. The first-order valence-corrected chi connectivity index (χ1v) is 9.76. The van der Waals surface area contributed by atoms with E-state index in [-0.39, 0.29) is 17.9 Å². The lowest BCUT2D eigenvalue weighted by atomic mass is 9.87. The number of carbonyl (C=O) groups is 2. The van der Waals surface area contributed by atoms with Crippen LogP contribution in [0.1, 0.15) is 61.8 Å². The second-order valence-electron chi connectivity index (χ2n) is 7.28. The molecule has 2 N–H and O–H groups in total. The summed E-state index contributed by atoms with van der Waals surface area (Å²) in [6, 6.07) is 7.46. The number of carbonyl (C=O) groups excluding carboxylic acids is 2. The lowest BCUT2D eigenvalue weighted by Crippen LogP contribution is -2.20. The van der Waals surface area contributed by atoms with Crippen LogP contribution in [0, 0.1) is 6.92 Å². The molecular weight excluding hydrogens is 376 g/mol. The monoisotopic (exact) mass is 402 g/mol.